The van der Waals surface area contributed by atoms with Crippen molar-refractivity contribution in [3.8, 4) is 11.5 Å². The first-order valence-corrected chi connectivity index (χ1v) is 7.20. The zero-order valence-corrected chi connectivity index (χ0v) is 12.7. The van der Waals surface area contributed by atoms with Crippen LogP contribution in [-0.4, -0.2) is 25.5 Å². The van der Waals surface area contributed by atoms with E-state index in [1.165, 1.54) is 0 Å². The van der Waals surface area contributed by atoms with Crippen LogP contribution in [0, 0.1) is 0 Å². The molecule has 1 heterocycles. The number of hydrogen-bond donors (Lipinski definition) is 1. The summed E-state index contributed by atoms with van der Waals surface area (Å²) in [7, 11) is 0. The molecular weight excluding hydrogens is 310 g/mol. The molecule has 1 aromatic rings. The summed E-state index contributed by atoms with van der Waals surface area (Å²) in [6.45, 7) is 5.27. The van der Waals surface area contributed by atoms with Gasteiger partial charge in [-0.2, -0.15) is 0 Å². The second kappa shape index (κ2) is 5.92. The average Bonchev–Trinajstić information content (AvgIpc) is 2.63. The SMILES string of the molecule is CC(C)c1c(C(=O)CN)cc(Br)c2c1OCCCO2. The highest BCUT2D eigenvalue weighted by Gasteiger charge is 2.25. The number of fused-ring (bicyclic) bond motifs is 1. The Morgan fingerprint density at radius 1 is 1.37 bits per heavy atom. The summed E-state index contributed by atoms with van der Waals surface area (Å²) in [6, 6.07) is 1.79. The van der Waals surface area contributed by atoms with Crippen LogP contribution in [0.4, 0.5) is 0 Å². The smallest absolute Gasteiger partial charge is 0.176 e. The number of Topliss-reactive ketones (excluding diaryl/α,β-unsaturated/α-hetero) is 1. The van der Waals surface area contributed by atoms with E-state index in [1.807, 2.05) is 13.8 Å². The molecule has 1 aliphatic heterocycles. The van der Waals surface area contributed by atoms with Crippen molar-refractivity contribution in [2.45, 2.75) is 26.2 Å². The summed E-state index contributed by atoms with van der Waals surface area (Å²) in [4.78, 5) is 12.0. The quantitative estimate of drug-likeness (QED) is 0.867. The van der Waals surface area contributed by atoms with Crippen molar-refractivity contribution >= 4 is 21.7 Å². The molecule has 0 fully saturated rings. The van der Waals surface area contributed by atoms with Gasteiger partial charge in [0.1, 0.15) is 0 Å². The number of nitrogens with two attached hydrogens (primary N) is 1. The molecule has 0 amide bonds. The molecule has 19 heavy (non-hydrogen) atoms. The molecule has 0 bridgehead atoms. The molecule has 104 valence electrons. The molecule has 0 aromatic heterocycles. The summed E-state index contributed by atoms with van der Waals surface area (Å²) >= 11 is 3.45. The number of ketones is 1. The zero-order valence-electron chi connectivity index (χ0n) is 11.2. The van der Waals surface area contributed by atoms with Gasteiger partial charge in [0.25, 0.3) is 0 Å². The van der Waals surface area contributed by atoms with E-state index in [-0.39, 0.29) is 18.2 Å². The lowest BCUT2D eigenvalue weighted by molar-refractivity contribution is 0.0999. The van der Waals surface area contributed by atoms with Gasteiger partial charge >= 0.3 is 0 Å². The molecule has 0 saturated carbocycles. The monoisotopic (exact) mass is 327 g/mol. The molecular formula is C14H18BrNO3. The standard InChI is InChI=1S/C14H18BrNO3/c1-8(2)12-9(11(17)7-16)6-10(15)13-14(12)19-5-3-4-18-13/h6,8H,3-5,7,16H2,1-2H3. The Morgan fingerprint density at radius 2 is 2.00 bits per heavy atom. The van der Waals surface area contributed by atoms with E-state index in [1.54, 1.807) is 6.07 Å². The number of benzene rings is 1. The van der Waals surface area contributed by atoms with E-state index in [4.69, 9.17) is 15.2 Å². The third-order valence-electron chi connectivity index (χ3n) is 3.07. The third kappa shape index (κ3) is 2.77. The molecule has 0 spiro atoms. The van der Waals surface area contributed by atoms with Crippen LogP contribution in [0.3, 0.4) is 0 Å². The first kappa shape index (κ1) is 14.3. The highest BCUT2D eigenvalue weighted by molar-refractivity contribution is 9.10. The largest absolute Gasteiger partial charge is 0.489 e. The van der Waals surface area contributed by atoms with E-state index in [9.17, 15) is 4.79 Å². The molecule has 2 N–H and O–H groups in total. The van der Waals surface area contributed by atoms with E-state index < -0.39 is 0 Å². The lowest BCUT2D eigenvalue weighted by Crippen LogP contribution is -2.17. The van der Waals surface area contributed by atoms with Crippen LogP contribution in [0.1, 0.15) is 42.1 Å². The van der Waals surface area contributed by atoms with Crippen molar-refractivity contribution in [3.05, 3.63) is 21.7 Å². The molecule has 2 rings (SSSR count). The van der Waals surface area contributed by atoms with Gasteiger partial charge in [0, 0.05) is 17.5 Å². The van der Waals surface area contributed by atoms with E-state index in [2.05, 4.69) is 15.9 Å². The molecule has 4 nitrogen and oxygen atoms in total. The van der Waals surface area contributed by atoms with Crippen LogP contribution in [-0.2, 0) is 0 Å². The highest BCUT2D eigenvalue weighted by atomic mass is 79.9. The third-order valence-corrected chi connectivity index (χ3v) is 3.66. The molecule has 0 atom stereocenters. The Balaban J connectivity index is 2.67. The molecule has 0 saturated heterocycles. The van der Waals surface area contributed by atoms with Crippen LogP contribution in [0.25, 0.3) is 0 Å². The predicted octanol–water partition coefficient (Wildman–Crippen LogP) is 2.88. The minimum Gasteiger partial charge on any atom is -0.489 e. The van der Waals surface area contributed by atoms with Gasteiger partial charge in [-0.05, 0) is 27.9 Å². The van der Waals surface area contributed by atoms with Crippen molar-refractivity contribution in [1.82, 2.24) is 0 Å². The topological polar surface area (TPSA) is 61.6 Å². The Kier molecular flexibility index (Phi) is 4.47. The molecule has 0 aliphatic carbocycles. The van der Waals surface area contributed by atoms with E-state index >= 15 is 0 Å². The highest BCUT2D eigenvalue weighted by Crippen LogP contribution is 2.44. The Bertz CT molecular complexity index is 500. The van der Waals surface area contributed by atoms with Crippen molar-refractivity contribution in [1.29, 1.82) is 0 Å². The predicted molar refractivity (Wildman–Crippen MR) is 77.2 cm³/mol. The van der Waals surface area contributed by atoms with Crippen LogP contribution < -0.4 is 15.2 Å². The van der Waals surface area contributed by atoms with Gasteiger partial charge in [0.15, 0.2) is 17.3 Å². The first-order chi connectivity index (χ1) is 9.06. The molecule has 1 aliphatic rings. The number of halogens is 1. The summed E-state index contributed by atoms with van der Waals surface area (Å²) in [5.74, 6) is 1.45. The van der Waals surface area contributed by atoms with Crippen LogP contribution in [0.5, 0.6) is 11.5 Å². The van der Waals surface area contributed by atoms with Gasteiger partial charge in [-0.1, -0.05) is 13.8 Å². The van der Waals surface area contributed by atoms with Gasteiger partial charge < -0.3 is 15.2 Å². The van der Waals surface area contributed by atoms with E-state index in [0.717, 1.165) is 16.5 Å². The van der Waals surface area contributed by atoms with Crippen molar-refractivity contribution in [2.75, 3.05) is 19.8 Å². The van der Waals surface area contributed by atoms with Gasteiger partial charge in [-0.15, -0.1) is 0 Å². The molecule has 0 radical (unpaired) electrons. The summed E-state index contributed by atoms with van der Waals surface area (Å²) in [6.07, 6.45) is 0.832. The maximum atomic E-state index is 12.0. The van der Waals surface area contributed by atoms with Crippen LogP contribution >= 0.6 is 15.9 Å². The maximum Gasteiger partial charge on any atom is 0.176 e. The zero-order chi connectivity index (χ0) is 14.0. The Hall–Kier alpha value is -1.07. The number of carbonyl (C=O) groups excluding carboxylic acids is 1. The maximum absolute atomic E-state index is 12.0. The van der Waals surface area contributed by atoms with Gasteiger partial charge in [-0.25, -0.2) is 0 Å². The summed E-state index contributed by atoms with van der Waals surface area (Å²) < 4.78 is 12.3. The molecule has 1 aromatic carbocycles. The fourth-order valence-electron chi connectivity index (χ4n) is 2.22. The van der Waals surface area contributed by atoms with Crippen LogP contribution in [0.15, 0.2) is 10.5 Å². The first-order valence-electron chi connectivity index (χ1n) is 6.41. The van der Waals surface area contributed by atoms with Crippen LogP contribution in [0.2, 0.25) is 0 Å². The molecule has 5 heteroatoms. The minimum atomic E-state index is -0.0833. The number of hydrogen-bond acceptors (Lipinski definition) is 4. The molecule has 0 unspecified atom stereocenters. The van der Waals surface area contributed by atoms with Crippen molar-refractivity contribution < 1.29 is 14.3 Å². The van der Waals surface area contributed by atoms with Crippen molar-refractivity contribution in [2.24, 2.45) is 5.73 Å². The summed E-state index contributed by atoms with van der Waals surface area (Å²) in [5, 5.41) is 0. The second-order valence-electron chi connectivity index (χ2n) is 4.81. The Labute approximate surface area is 121 Å². The van der Waals surface area contributed by atoms with Gasteiger partial charge in [0.2, 0.25) is 0 Å². The minimum absolute atomic E-state index is 0.00813. The average molecular weight is 328 g/mol. The lowest BCUT2D eigenvalue weighted by atomic mass is 9.93. The lowest BCUT2D eigenvalue weighted by Gasteiger charge is -2.19. The number of carbonyl (C=O) groups is 1. The number of rotatable bonds is 3. The normalized spacial score (nSPS) is 14.4. The number of ether oxygens (including phenoxy) is 2. The van der Waals surface area contributed by atoms with E-state index in [0.29, 0.717) is 30.3 Å². The fraction of sp³-hybridized carbons (Fsp3) is 0.500. The van der Waals surface area contributed by atoms with Crippen molar-refractivity contribution in [3.63, 3.8) is 0 Å². The Morgan fingerprint density at radius 3 is 2.58 bits per heavy atom. The van der Waals surface area contributed by atoms with Gasteiger partial charge in [0.05, 0.1) is 24.2 Å². The summed E-state index contributed by atoms with van der Waals surface area (Å²) in [5.41, 5.74) is 7.00. The fourth-order valence-corrected chi connectivity index (χ4v) is 2.75. The van der Waals surface area contributed by atoms with Gasteiger partial charge in [-0.3, -0.25) is 4.79 Å². The second-order valence-corrected chi connectivity index (χ2v) is 5.66.